The van der Waals surface area contributed by atoms with Crippen LogP contribution in [0.1, 0.15) is 0 Å². The predicted octanol–water partition coefficient (Wildman–Crippen LogP) is 1.48. The molecule has 1 amide bonds. The summed E-state index contributed by atoms with van der Waals surface area (Å²) in [6, 6.07) is 13.2. The first kappa shape index (κ1) is 22.8. The van der Waals surface area contributed by atoms with Gasteiger partial charge in [0.25, 0.3) is 5.91 Å². The second-order valence-electron chi connectivity index (χ2n) is 6.97. The number of methoxy groups -OCH3 is 1. The summed E-state index contributed by atoms with van der Waals surface area (Å²) in [5.74, 6) is 0.253. The van der Waals surface area contributed by atoms with Gasteiger partial charge in [0.2, 0.25) is 10.0 Å². The van der Waals surface area contributed by atoms with E-state index in [0.717, 1.165) is 0 Å². The van der Waals surface area contributed by atoms with Crippen molar-refractivity contribution in [2.24, 2.45) is 0 Å². The lowest BCUT2D eigenvalue weighted by atomic mass is 10.2. The van der Waals surface area contributed by atoms with E-state index < -0.39 is 15.9 Å². The first-order valence-corrected chi connectivity index (χ1v) is 11.5. The number of anilines is 1. The molecule has 168 valence electrons. The summed E-state index contributed by atoms with van der Waals surface area (Å²) in [6.45, 7) is 1.12. The third-order valence-electron chi connectivity index (χ3n) is 4.94. The molecule has 0 saturated carbocycles. The summed E-state index contributed by atoms with van der Waals surface area (Å²) in [4.78, 5) is 13.8. The number of para-hydroxylation sites is 1. The van der Waals surface area contributed by atoms with Crippen LogP contribution < -0.4 is 19.7 Å². The standard InChI is InChI=1S/C21H26FN3O5S/c1-29-17-6-8-18(9-7-17)30-16-21(26)23-10-15-31(27,28)25-13-11-24(12-14-25)20-5-3-2-4-19(20)22/h2-9H,10-16H2,1H3,(H,23,26). The van der Waals surface area contributed by atoms with Crippen molar-refractivity contribution in [2.75, 3.05) is 57.1 Å². The highest BCUT2D eigenvalue weighted by Crippen LogP contribution is 2.21. The van der Waals surface area contributed by atoms with Gasteiger partial charge in [-0.2, -0.15) is 4.31 Å². The Hall–Kier alpha value is -2.85. The Morgan fingerprint density at radius 1 is 1.03 bits per heavy atom. The van der Waals surface area contributed by atoms with Gasteiger partial charge in [-0.15, -0.1) is 0 Å². The molecule has 0 unspecified atom stereocenters. The number of piperazine rings is 1. The topological polar surface area (TPSA) is 88.2 Å². The Balaban J connectivity index is 1.39. The number of benzene rings is 2. The molecule has 2 aromatic rings. The summed E-state index contributed by atoms with van der Waals surface area (Å²) in [7, 11) is -1.97. The Morgan fingerprint density at radius 2 is 1.68 bits per heavy atom. The zero-order valence-electron chi connectivity index (χ0n) is 17.3. The number of sulfonamides is 1. The number of hydrogen-bond donors (Lipinski definition) is 1. The minimum Gasteiger partial charge on any atom is -0.497 e. The molecule has 0 spiro atoms. The van der Waals surface area contributed by atoms with Crippen molar-refractivity contribution in [1.29, 1.82) is 0 Å². The molecular formula is C21H26FN3O5S. The van der Waals surface area contributed by atoms with Crippen molar-refractivity contribution < 1.29 is 27.1 Å². The van der Waals surface area contributed by atoms with Crippen LogP contribution in [0.5, 0.6) is 11.5 Å². The lowest BCUT2D eigenvalue weighted by Crippen LogP contribution is -2.50. The molecule has 10 heteroatoms. The third-order valence-corrected chi connectivity index (χ3v) is 6.81. The summed E-state index contributed by atoms with van der Waals surface area (Å²) in [6.07, 6.45) is 0. The maximum Gasteiger partial charge on any atom is 0.257 e. The first-order valence-electron chi connectivity index (χ1n) is 9.90. The average molecular weight is 452 g/mol. The van der Waals surface area contributed by atoms with E-state index in [1.54, 1.807) is 49.6 Å². The molecule has 1 saturated heterocycles. The smallest absolute Gasteiger partial charge is 0.257 e. The van der Waals surface area contributed by atoms with Gasteiger partial charge in [-0.25, -0.2) is 12.8 Å². The van der Waals surface area contributed by atoms with Crippen LogP contribution in [0.4, 0.5) is 10.1 Å². The molecule has 0 aromatic heterocycles. The van der Waals surface area contributed by atoms with Crippen LogP contribution in [0.3, 0.4) is 0 Å². The van der Waals surface area contributed by atoms with E-state index in [4.69, 9.17) is 9.47 Å². The highest BCUT2D eigenvalue weighted by molar-refractivity contribution is 7.89. The van der Waals surface area contributed by atoms with Crippen LogP contribution in [-0.2, 0) is 14.8 Å². The van der Waals surface area contributed by atoms with Gasteiger partial charge in [0.1, 0.15) is 17.3 Å². The van der Waals surface area contributed by atoms with E-state index in [-0.39, 0.29) is 37.8 Å². The third kappa shape index (κ3) is 6.31. The van der Waals surface area contributed by atoms with Gasteiger partial charge < -0.3 is 19.7 Å². The second kappa shape index (κ2) is 10.5. The molecule has 0 radical (unpaired) electrons. The molecule has 1 aliphatic rings. The van der Waals surface area contributed by atoms with Crippen molar-refractivity contribution in [3.63, 3.8) is 0 Å². The predicted molar refractivity (Wildman–Crippen MR) is 115 cm³/mol. The number of carbonyl (C=O) groups is 1. The van der Waals surface area contributed by atoms with Gasteiger partial charge in [0, 0.05) is 32.7 Å². The van der Waals surface area contributed by atoms with E-state index in [0.29, 0.717) is 30.3 Å². The minimum absolute atomic E-state index is 0.0132. The van der Waals surface area contributed by atoms with Crippen molar-refractivity contribution in [3.05, 3.63) is 54.3 Å². The number of hydrogen-bond acceptors (Lipinski definition) is 6. The van der Waals surface area contributed by atoms with Gasteiger partial charge in [-0.1, -0.05) is 12.1 Å². The zero-order valence-corrected chi connectivity index (χ0v) is 18.1. The molecule has 0 atom stereocenters. The molecule has 2 aromatic carbocycles. The van der Waals surface area contributed by atoms with Gasteiger partial charge in [0.05, 0.1) is 18.6 Å². The van der Waals surface area contributed by atoms with Crippen LogP contribution in [0, 0.1) is 5.82 Å². The Kier molecular flexibility index (Phi) is 7.69. The normalized spacial score (nSPS) is 14.8. The molecule has 31 heavy (non-hydrogen) atoms. The van der Waals surface area contributed by atoms with Crippen LogP contribution in [0.25, 0.3) is 0 Å². The molecular weight excluding hydrogens is 425 g/mol. The largest absolute Gasteiger partial charge is 0.497 e. The molecule has 1 fully saturated rings. The summed E-state index contributed by atoms with van der Waals surface area (Å²) in [5, 5.41) is 2.56. The van der Waals surface area contributed by atoms with Crippen LogP contribution in [0.15, 0.2) is 48.5 Å². The molecule has 3 rings (SSSR count). The monoisotopic (exact) mass is 451 g/mol. The molecule has 0 aliphatic carbocycles. The maximum absolute atomic E-state index is 13.9. The van der Waals surface area contributed by atoms with Gasteiger partial charge >= 0.3 is 0 Å². The number of amides is 1. The Morgan fingerprint density at radius 3 is 2.32 bits per heavy atom. The van der Waals surface area contributed by atoms with E-state index >= 15 is 0 Å². The van der Waals surface area contributed by atoms with Gasteiger partial charge in [0.15, 0.2) is 6.61 Å². The fourth-order valence-electron chi connectivity index (χ4n) is 3.24. The summed E-state index contributed by atoms with van der Waals surface area (Å²) < 4.78 is 50.8. The highest BCUT2D eigenvalue weighted by Gasteiger charge is 2.27. The fourth-order valence-corrected chi connectivity index (χ4v) is 4.57. The minimum atomic E-state index is -3.53. The van der Waals surface area contributed by atoms with Crippen LogP contribution >= 0.6 is 0 Å². The van der Waals surface area contributed by atoms with Gasteiger partial charge in [-0.3, -0.25) is 4.79 Å². The first-order chi connectivity index (χ1) is 14.9. The van der Waals surface area contributed by atoms with Crippen molar-refractivity contribution in [3.8, 4) is 11.5 Å². The van der Waals surface area contributed by atoms with Gasteiger partial charge in [-0.05, 0) is 36.4 Å². The average Bonchev–Trinajstić information content (AvgIpc) is 2.78. The number of nitrogens with zero attached hydrogens (tertiary/aromatic N) is 2. The molecule has 1 N–H and O–H groups in total. The van der Waals surface area contributed by atoms with E-state index in [2.05, 4.69) is 5.32 Å². The van der Waals surface area contributed by atoms with Crippen molar-refractivity contribution >= 4 is 21.6 Å². The summed E-state index contributed by atoms with van der Waals surface area (Å²) >= 11 is 0. The van der Waals surface area contributed by atoms with Crippen molar-refractivity contribution in [2.45, 2.75) is 0 Å². The molecule has 8 nitrogen and oxygen atoms in total. The zero-order chi connectivity index (χ0) is 22.3. The second-order valence-corrected chi connectivity index (χ2v) is 9.06. The number of rotatable bonds is 9. The summed E-state index contributed by atoms with van der Waals surface area (Å²) in [5.41, 5.74) is 0.476. The van der Waals surface area contributed by atoms with Crippen LogP contribution in [0.2, 0.25) is 0 Å². The lowest BCUT2D eigenvalue weighted by Gasteiger charge is -2.35. The van der Waals surface area contributed by atoms with E-state index in [1.807, 2.05) is 4.90 Å². The maximum atomic E-state index is 13.9. The quantitative estimate of drug-likeness (QED) is 0.622. The van der Waals surface area contributed by atoms with E-state index in [9.17, 15) is 17.6 Å². The fraction of sp³-hybridized carbons (Fsp3) is 0.381. The Labute approximate surface area is 181 Å². The van der Waals surface area contributed by atoms with Crippen molar-refractivity contribution in [1.82, 2.24) is 9.62 Å². The molecule has 0 bridgehead atoms. The highest BCUT2D eigenvalue weighted by atomic mass is 32.2. The molecule has 1 aliphatic heterocycles. The molecule has 1 heterocycles. The number of ether oxygens (including phenoxy) is 2. The Bertz CT molecular complexity index is 977. The number of halogens is 1. The number of nitrogens with one attached hydrogen (secondary N) is 1. The lowest BCUT2D eigenvalue weighted by molar-refractivity contribution is -0.122. The number of carbonyl (C=O) groups excluding carboxylic acids is 1. The van der Waals surface area contributed by atoms with E-state index in [1.165, 1.54) is 10.4 Å². The SMILES string of the molecule is COc1ccc(OCC(=O)NCCS(=O)(=O)N2CCN(c3ccccc3F)CC2)cc1. The van der Waals surface area contributed by atoms with Crippen LogP contribution in [-0.4, -0.2) is 70.8 Å².